The maximum Gasteiger partial charge on any atom is 0.184 e. The van der Waals surface area contributed by atoms with E-state index in [1.54, 1.807) is 0 Å². The Morgan fingerprint density at radius 3 is 1.81 bits per heavy atom. The molecule has 0 saturated heterocycles. The Morgan fingerprint density at radius 1 is 0.519 bits per heavy atom. The molecule has 2 aliphatic rings. The van der Waals surface area contributed by atoms with E-state index >= 15 is 0 Å². The van der Waals surface area contributed by atoms with E-state index in [9.17, 15) is 0 Å². The Bertz CT molecular complexity index is 2500. The van der Waals surface area contributed by atoms with Crippen LogP contribution >= 0.6 is 0 Å². The maximum absolute atomic E-state index is 7.35. The number of hydrogen-bond donors (Lipinski definition) is 0. The second kappa shape index (κ2) is 12.5. The molecule has 54 heavy (non-hydrogen) atoms. The average molecular weight is 736 g/mol. The van der Waals surface area contributed by atoms with Gasteiger partial charge in [0.1, 0.15) is 23.0 Å². The lowest BCUT2D eigenvalue weighted by Crippen LogP contribution is -2.75. The second-order valence-corrected chi connectivity index (χ2v) is 25.2. The van der Waals surface area contributed by atoms with Crippen molar-refractivity contribution in [3.8, 4) is 34.3 Å². The molecule has 0 fully saturated rings. The summed E-state index contributed by atoms with van der Waals surface area (Å²) in [6.07, 6.45) is 2.00. The first kappa shape index (κ1) is 34.3. The monoisotopic (exact) mass is 735 g/mol. The summed E-state index contributed by atoms with van der Waals surface area (Å²) in [7, 11) is -5.21. The molecule has 6 aromatic carbocycles. The summed E-state index contributed by atoms with van der Waals surface area (Å²) in [6.45, 7) is 14.4. The highest BCUT2D eigenvalue weighted by atomic mass is 28.3. The van der Waals surface area contributed by atoms with Crippen LogP contribution < -0.4 is 35.4 Å². The fourth-order valence-electron chi connectivity index (χ4n) is 9.11. The number of benzene rings is 6. The number of pyridine rings is 1. The zero-order valence-corrected chi connectivity index (χ0v) is 33.9. The van der Waals surface area contributed by atoms with E-state index < -0.39 is 16.1 Å². The van der Waals surface area contributed by atoms with Gasteiger partial charge in [-0.2, -0.15) is 0 Å². The van der Waals surface area contributed by atoms with Crippen LogP contribution in [0.3, 0.4) is 0 Å². The molecule has 0 saturated carbocycles. The minimum absolute atomic E-state index is 0.120. The van der Waals surface area contributed by atoms with Crippen LogP contribution in [0.15, 0.2) is 164 Å². The number of aromatic nitrogens is 1. The lowest BCUT2D eigenvalue weighted by molar-refractivity contribution is 0.419. The van der Waals surface area contributed by atoms with E-state index in [4.69, 9.17) is 14.5 Å². The quantitative estimate of drug-likeness (QED) is 0.131. The number of fused-ring (bicyclic) bond motifs is 4. The van der Waals surface area contributed by atoms with E-state index in [1.165, 1.54) is 37.1 Å². The molecule has 0 amide bonds. The molecular formula is C49H45NO2Si2. The normalized spacial score (nSPS) is 16.0. The van der Waals surface area contributed by atoms with E-state index in [1.807, 2.05) is 6.20 Å². The number of rotatable bonds is 5. The lowest BCUT2D eigenvalue weighted by atomic mass is 9.75. The second-order valence-electron chi connectivity index (χ2n) is 16.3. The summed E-state index contributed by atoms with van der Waals surface area (Å²) in [6, 6.07) is 57.4. The molecule has 9 rings (SSSR count). The molecule has 266 valence electrons. The molecule has 5 heteroatoms. The molecule has 7 aromatic rings. The van der Waals surface area contributed by atoms with Gasteiger partial charge in [0.05, 0.1) is 13.8 Å². The topological polar surface area (TPSA) is 31.4 Å². The highest BCUT2D eigenvalue weighted by Gasteiger charge is 2.51. The van der Waals surface area contributed by atoms with Crippen LogP contribution in [0.5, 0.6) is 23.0 Å². The molecule has 0 bridgehead atoms. The molecule has 0 atom stereocenters. The van der Waals surface area contributed by atoms with Gasteiger partial charge in [-0.15, -0.1) is 0 Å². The van der Waals surface area contributed by atoms with Crippen molar-refractivity contribution in [2.75, 3.05) is 0 Å². The molecule has 3 nitrogen and oxygen atoms in total. The van der Waals surface area contributed by atoms with E-state index in [-0.39, 0.29) is 10.5 Å². The van der Waals surface area contributed by atoms with Crippen LogP contribution in [-0.2, 0) is 10.5 Å². The Labute approximate surface area is 321 Å². The minimum atomic E-state index is -3.11. The molecule has 2 aliphatic heterocycles. The summed E-state index contributed by atoms with van der Waals surface area (Å²) in [5, 5.41) is 6.30. The van der Waals surface area contributed by atoms with Gasteiger partial charge in [0.25, 0.3) is 0 Å². The van der Waals surface area contributed by atoms with Crippen molar-refractivity contribution in [2.45, 2.75) is 51.2 Å². The van der Waals surface area contributed by atoms with Crippen molar-refractivity contribution in [1.29, 1.82) is 0 Å². The third-order valence-electron chi connectivity index (χ3n) is 12.8. The summed E-state index contributed by atoms with van der Waals surface area (Å²) in [5.74, 6) is 3.74. The number of nitrogens with zero attached hydrogens (tertiary/aromatic N) is 1. The van der Waals surface area contributed by atoms with Gasteiger partial charge in [-0.3, -0.25) is 4.98 Å². The molecule has 0 unspecified atom stereocenters. The third kappa shape index (κ3) is 4.95. The average Bonchev–Trinajstić information content (AvgIpc) is 3.26. The van der Waals surface area contributed by atoms with Gasteiger partial charge in [-0.05, 0) is 66.9 Å². The first-order valence-electron chi connectivity index (χ1n) is 19.0. The van der Waals surface area contributed by atoms with Gasteiger partial charge in [0.15, 0.2) is 8.07 Å². The van der Waals surface area contributed by atoms with Crippen molar-refractivity contribution in [3.05, 3.63) is 181 Å². The summed E-state index contributed by atoms with van der Waals surface area (Å²) in [5.41, 5.74) is 5.28. The van der Waals surface area contributed by atoms with Crippen LogP contribution in [0, 0.1) is 0 Å². The van der Waals surface area contributed by atoms with Gasteiger partial charge in [-0.1, -0.05) is 168 Å². The fourth-order valence-corrected chi connectivity index (χ4v) is 16.8. The predicted octanol–water partition coefficient (Wildman–Crippen LogP) is 9.10. The minimum Gasteiger partial charge on any atom is -0.457 e. The number of hydrogen-bond acceptors (Lipinski definition) is 3. The fraction of sp³-hybridized carbons (Fsp3) is 0.163. The molecule has 1 aromatic heterocycles. The van der Waals surface area contributed by atoms with E-state index in [2.05, 4.69) is 199 Å². The standard InChI is InChI=1S/C49H45NO2Si2/c1-48(2)38-24-13-14-27-42(38)51-46-37(23-17-25-39(46)48)41-33-36(31-32-50-41)54(34-19-9-7-10-20-34,35-21-11-8-12-22-35)45-30-18-26-40-47(45)52-43-28-15-16-29-44(43)53(5,6)49(40,3)4/h7-33H,1-6H3. The Balaban J connectivity index is 1.35. The van der Waals surface area contributed by atoms with Crippen molar-refractivity contribution in [1.82, 2.24) is 4.98 Å². The smallest absolute Gasteiger partial charge is 0.184 e. The molecule has 0 N–H and O–H groups in total. The van der Waals surface area contributed by atoms with Crippen LogP contribution in [0.2, 0.25) is 13.1 Å². The van der Waals surface area contributed by atoms with E-state index in [0.29, 0.717) is 0 Å². The number of ether oxygens (including phenoxy) is 2. The zero-order valence-electron chi connectivity index (χ0n) is 31.9. The largest absolute Gasteiger partial charge is 0.457 e. The highest BCUT2D eigenvalue weighted by Crippen LogP contribution is 2.51. The van der Waals surface area contributed by atoms with Crippen LogP contribution in [-0.4, -0.2) is 21.1 Å². The lowest BCUT2D eigenvalue weighted by Gasteiger charge is -2.41. The highest BCUT2D eigenvalue weighted by molar-refractivity contribution is 7.20. The first-order valence-corrected chi connectivity index (χ1v) is 24.0. The Kier molecular flexibility index (Phi) is 7.96. The first-order chi connectivity index (χ1) is 26.1. The number of para-hydroxylation sites is 4. The summed E-state index contributed by atoms with van der Waals surface area (Å²) >= 11 is 0. The molecule has 3 heterocycles. The maximum atomic E-state index is 7.35. The molecule has 0 spiro atoms. The van der Waals surface area contributed by atoms with Gasteiger partial charge in [-0.25, -0.2) is 0 Å². The molecule has 0 radical (unpaired) electrons. The van der Waals surface area contributed by atoms with Gasteiger partial charge in [0, 0.05) is 28.3 Å². The Morgan fingerprint density at radius 2 is 1.09 bits per heavy atom. The summed E-state index contributed by atoms with van der Waals surface area (Å²) in [4.78, 5) is 5.11. The molecule has 0 aliphatic carbocycles. The van der Waals surface area contributed by atoms with Crippen LogP contribution in [0.4, 0.5) is 0 Å². The van der Waals surface area contributed by atoms with Gasteiger partial charge in [0.2, 0.25) is 0 Å². The van der Waals surface area contributed by atoms with Crippen LogP contribution in [0.1, 0.15) is 44.4 Å². The third-order valence-corrected chi connectivity index (χ3v) is 22.7. The van der Waals surface area contributed by atoms with Crippen molar-refractivity contribution >= 4 is 42.1 Å². The Hall–Kier alpha value is -5.50. The zero-order chi connectivity index (χ0) is 37.3. The SMILES string of the molecule is CC1(C)c2ccccc2Oc2c(-c3cc([Si](c4ccccc4)(c4ccccc4)c4cccc5c4Oc4ccccc4[Si](C)(C)C5(C)C)ccn3)cccc21. The van der Waals surface area contributed by atoms with Crippen molar-refractivity contribution in [3.63, 3.8) is 0 Å². The van der Waals surface area contributed by atoms with Crippen LogP contribution in [0.25, 0.3) is 11.3 Å². The van der Waals surface area contributed by atoms with Gasteiger partial charge >= 0.3 is 0 Å². The summed E-state index contributed by atoms with van der Waals surface area (Å²) < 4.78 is 14.2. The van der Waals surface area contributed by atoms with Crippen molar-refractivity contribution in [2.24, 2.45) is 0 Å². The predicted molar refractivity (Wildman–Crippen MR) is 229 cm³/mol. The van der Waals surface area contributed by atoms with E-state index in [0.717, 1.165) is 39.8 Å². The molecular weight excluding hydrogens is 691 g/mol. The van der Waals surface area contributed by atoms with Crippen molar-refractivity contribution < 1.29 is 9.47 Å². The van der Waals surface area contributed by atoms with Gasteiger partial charge < -0.3 is 9.47 Å².